The summed E-state index contributed by atoms with van der Waals surface area (Å²) in [5, 5.41) is 9.72. The van der Waals surface area contributed by atoms with E-state index in [2.05, 4.69) is 13.8 Å². The molecule has 7 heteroatoms. The van der Waals surface area contributed by atoms with Crippen LogP contribution in [-0.4, -0.2) is 69.1 Å². The average Bonchev–Trinajstić information content (AvgIpc) is 3.13. The van der Waals surface area contributed by atoms with Crippen molar-refractivity contribution >= 4 is 23.6 Å². The largest absolute Gasteiger partial charge is 0.391 e. The second-order valence-electron chi connectivity index (χ2n) is 6.49. The third-order valence-electron chi connectivity index (χ3n) is 4.41. The lowest BCUT2D eigenvalue weighted by Crippen LogP contribution is -2.55. The van der Waals surface area contributed by atoms with Gasteiger partial charge in [-0.3, -0.25) is 9.59 Å². The van der Waals surface area contributed by atoms with Crippen LogP contribution in [0.5, 0.6) is 0 Å². The zero-order chi connectivity index (χ0) is 16.4. The van der Waals surface area contributed by atoms with Crippen molar-refractivity contribution in [3.05, 3.63) is 0 Å². The summed E-state index contributed by atoms with van der Waals surface area (Å²) in [6, 6.07) is -1.38. The van der Waals surface area contributed by atoms with Gasteiger partial charge in [0.15, 0.2) is 0 Å². The third-order valence-corrected chi connectivity index (χ3v) is 5.97. The highest BCUT2D eigenvalue weighted by Gasteiger charge is 2.42. The smallest absolute Gasteiger partial charge is 0.246 e. The van der Waals surface area contributed by atoms with Gasteiger partial charge in [-0.15, -0.1) is 11.8 Å². The first-order chi connectivity index (χ1) is 10.3. The number of carbonyl (C=O) groups excluding carboxylic acids is 2. The fourth-order valence-electron chi connectivity index (χ4n) is 3.15. The summed E-state index contributed by atoms with van der Waals surface area (Å²) in [5.41, 5.74) is 5.76. The number of aliphatic hydroxyl groups excluding tert-OH is 1. The molecule has 0 aromatic heterocycles. The first kappa shape index (κ1) is 17.6. The summed E-state index contributed by atoms with van der Waals surface area (Å²) in [6.45, 7) is 7.02. The average molecular weight is 329 g/mol. The Bertz CT molecular complexity index is 430. The molecule has 2 rings (SSSR count). The number of nitrogens with two attached hydrogens (primary N) is 1. The molecule has 2 fully saturated rings. The molecule has 0 spiro atoms. The Balaban J connectivity index is 2.10. The van der Waals surface area contributed by atoms with Gasteiger partial charge in [0.25, 0.3) is 0 Å². The maximum absolute atomic E-state index is 12.9. The van der Waals surface area contributed by atoms with Crippen LogP contribution in [0.15, 0.2) is 0 Å². The maximum Gasteiger partial charge on any atom is 0.246 e. The van der Waals surface area contributed by atoms with Gasteiger partial charge in [0, 0.05) is 18.8 Å². The lowest BCUT2D eigenvalue weighted by molar-refractivity contribution is -0.146. The maximum atomic E-state index is 12.9. The van der Waals surface area contributed by atoms with Crippen molar-refractivity contribution in [1.29, 1.82) is 0 Å². The Labute approximate surface area is 136 Å². The standard InChI is InChI=1S/C15H27N3O3S/c1-9(2)15-18(7-8-22-15)13(20)11-5-4-6-17(11)14(21)12(16)10(3)19/h9-12,15,19H,4-8,16H2,1-3H3/t10-,11+,12+,15?/m1/s1. The van der Waals surface area contributed by atoms with E-state index in [4.69, 9.17) is 5.73 Å². The second-order valence-corrected chi connectivity index (χ2v) is 7.72. The lowest BCUT2D eigenvalue weighted by atomic mass is 10.1. The highest BCUT2D eigenvalue weighted by atomic mass is 32.2. The number of hydrogen-bond acceptors (Lipinski definition) is 5. The Hall–Kier alpha value is -0.790. The summed E-state index contributed by atoms with van der Waals surface area (Å²) in [6.07, 6.45) is 0.583. The van der Waals surface area contributed by atoms with Crippen molar-refractivity contribution in [3.8, 4) is 0 Å². The van der Waals surface area contributed by atoms with Gasteiger partial charge in [-0.1, -0.05) is 13.8 Å². The SMILES string of the molecule is CC(C)C1SCCN1C(=O)[C@@H]1CCCN1C(=O)[C@@H](N)[C@@H](C)O. The topological polar surface area (TPSA) is 86.9 Å². The lowest BCUT2D eigenvalue weighted by Gasteiger charge is -2.33. The molecular weight excluding hydrogens is 302 g/mol. The molecule has 2 aliphatic heterocycles. The van der Waals surface area contributed by atoms with Gasteiger partial charge < -0.3 is 20.6 Å². The van der Waals surface area contributed by atoms with Gasteiger partial charge in [-0.25, -0.2) is 0 Å². The Kier molecular flexibility index (Phi) is 5.74. The molecule has 22 heavy (non-hydrogen) atoms. The second kappa shape index (κ2) is 7.19. The molecule has 6 nitrogen and oxygen atoms in total. The summed E-state index contributed by atoms with van der Waals surface area (Å²) in [5.74, 6) is 1.05. The molecule has 4 atom stereocenters. The van der Waals surface area contributed by atoms with Crippen LogP contribution in [0.2, 0.25) is 0 Å². The molecule has 3 N–H and O–H groups in total. The quantitative estimate of drug-likeness (QED) is 0.772. The number of amides is 2. The predicted octanol–water partition coefficient (Wildman–Crippen LogP) is 0.243. The number of rotatable bonds is 4. The van der Waals surface area contributed by atoms with Gasteiger partial charge in [0.05, 0.1) is 11.5 Å². The van der Waals surface area contributed by atoms with Gasteiger partial charge in [0.2, 0.25) is 11.8 Å². The molecule has 1 unspecified atom stereocenters. The number of likely N-dealkylation sites (tertiary alicyclic amines) is 1. The van der Waals surface area contributed by atoms with Gasteiger partial charge >= 0.3 is 0 Å². The van der Waals surface area contributed by atoms with Crippen LogP contribution in [-0.2, 0) is 9.59 Å². The number of thioether (sulfide) groups is 1. The molecule has 0 aliphatic carbocycles. The number of carbonyl (C=O) groups is 2. The van der Waals surface area contributed by atoms with Crippen LogP contribution < -0.4 is 5.73 Å². The van der Waals surface area contributed by atoms with Gasteiger partial charge in [-0.05, 0) is 25.7 Å². The minimum absolute atomic E-state index is 0.0346. The normalized spacial score (nSPS) is 28.3. The molecule has 2 amide bonds. The first-order valence-corrected chi connectivity index (χ1v) is 9.05. The van der Waals surface area contributed by atoms with Crippen molar-refractivity contribution in [1.82, 2.24) is 9.80 Å². The number of hydrogen-bond donors (Lipinski definition) is 2. The zero-order valence-corrected chi connectivity index (χ0v) is 14.4. The van der Waals surface area contributed by atoms with Crippen molar-refractivity contribution in [2.24, 2.45) is 11.7 Å². The van der Waals surface area contributed by atoms with E-state index in [0.717, 1.165) is 18.7 Å². The van der Waals surface area contributed by atoms with E-state index in [0.29, 0.717) is 18.9 Å². The minimum atomic E-state index is -0.956. The van der Waals surface area contributed by atoms with E-state index < -0.39 is 18.2 Å². The highest BCUT2D eigenvalue weighted by Crippen LogP contribution is 2.32. The van der Waals surface area contributed by atoms with Crippen LogP contribution in [0.4, 0.5) is 0 Å². The van der Waals surface area contributed by atoms with Crippen molar-refractivity contribution in [2.75, 3.05) is 18.8 Å². The Morgan fingerprint density at radius 3 is 2.50 bits per heavy atom. The van der Waals surface area contributed by atoms with Gasteiger partial charge in [-0.2, -0.15) is 0 Å². The molecule has 2 saturated heterocycles. The Morgan fingerprint density at radius 1 is 1.23 bits per heavy atom. The molecule has 0 bridgehead atoms. The van der Waals surface area contributed by atoms with E-state index in [9.17, 15) is 14.7 Å². The zero-order valence-electron chi connectivity index (χ0n) is 13.6. The van der Waals surface area contributed by atoms with Crippen molar-refractivity contribution in [2.45, 2.75) is 57.2 Å². The third kappa shape index (κ3) is 3.41. The van der Waals surface area contributed by atoms with Crippen LogP contribution >= 0.6 is 11.8 Å². The van der Waals surface area contributed by atoms with E-state index in [1.165, 1.54) is 6.92 Å². The molecule has 0 saturated carbocycles. The van der Waals surface area contributed by atoms with E-state index in [1.54, 1.807) is 16.7 Å². The van der Waals surface area contributed by atoms with Crippen molar-refractivity contribution in [3.63, 3.8) is 0 Å². The molecule has 2 aliphatic rings. The molecule has 2 heterocycles. The van der Waals surface area contributed by atoms with Crippen LogP contribution in [0.1, 0.15) is 33.6 Å². The number of nitrogens with zero attached hydrogens (tertiary/aromatic N) is 2. The predicted molar refractivity (Wildman–Crippen MR) is 87.2 cm³/mol. The summed E-state index contributed by atoms with van der Waals surface area (Å²) in [4.78, 5) is 28.8. The summed E-state index contributed by atoms with van der Waals surface area (Å²) in [7, 11) is 0. The fraction of sp³-hybridized carbons (Fsp3) is 0.867. The van der Waals surface area contributed by atoms with E-state index >= 15 is 0 Å². The van der Waals surface area contributed by atoms with E-state index in [1.807, 2.05) is 4.90 Å². The van der Waals surface area contributed by atoms with E-state index in [-0.39, 0.29) is 17.2 Å². The van der Waals surface area contributed by atoms with Crippen LogP contribution in [0.3, 0.4) is 0 Å². The summed E-state index contributed by atoms with van der Waals surface area (Å²) >= 11 is 1.80. The van der Waals surface area contributed by atoms with Crippen LogP contribution in [0, 0.1) is 5.92 Å². The van der Waals surface area contributed by atoms with Crippen LogP contribution in [0.25, 0.3) is 0 Å². The van der Waals surface area contributed by atoms with Crippen molar-refractivity contribution < 1.29 is 14.7 Å². The minimum Gasteiger partial charge on any atom is -0.391 e. The fourth-order valence-corrected chi connectivity index (χ4v) is 4.47. The molecule has 0 radical (unpaired) electrons. The number of aliphatic hydroxyl groups is 1. The molecular formula is C15H27N3O3S. The van der Waals surface area contributed by atoms with Gasteiger partial charge in [0.1, 0.15) is 12.1 Å². The molecule has 0 aromatic carbocycles. The molecule has 0 aromatic rings. The summed E-state index contributed by atoms with van der Waals surface area (Å²) < 4.78 is 0. The monoisotopic (exact) mass is 329 g/mol. The first-order valence-electron chi connectivity index (χ1n) is 8.00. The highest BCUT2D eigenvalue weighted by molar-refractivity contribution is 8.00. The molecule has 126 valence electrons. The Morgan fingerprint density at radius 2 is 1.91 bits per heavy atom.